The van der Waals surface area contributed by atoms with Gasteiger partial charge in [-0.2, -0.15) is 0 Å². The van der Waals surface area contributed by atoms with Crippen molar-refractivity contribution in [2.75, 3.05) is 44.1 Å². The number of anilines is 2. The number of nitrogens with zero attached hydrogens (tertiary/aromatic N) is 5. The molecule has 2 aromatic heterocycles. The van der Waals surface area contributed by atoms with Crippen LogP contribution in [-0.4, -0.2) is 54.2 Å². The van der Waals surface area contributed by atoms with Crippen molar-refractivity contribution in [2.24, 2.45) is 0 Å². The Hall–Kier alpha value is -2.94. The van der Waals surface area contributed by atoms with Gasteiger partial charge in [-0.05, 0) is 40.9 Å². The molecule has 27 heavy (non-hydrogen) atoms. The summed E-state index contributed by atoms with van der Waals surface area (Å²) >= 11 is 0. The highest BCUT2D eigenvalue weighted by Gasteiger charge is 2.30. The normalized spacial score (nSPS) is 16.8. The number of benzene rings is 1. The van der Waals surface area contributed by atoms with E-state index in [4.69, 9.17) is 14.1 Å². The zero-order valence-electron chi connectivity index (χ0n) is 15.4. The molecule has 1 aliphatic rings. The monoisotopic (exact) mass is 370 g/mol. The van der Waals surface area contributed by atoms with E-state index in [1.54, 1.807) is 14.2 Å². The van der Waals surface area contributed by atoms with Gasteiger partial charge < -0.3 is 19.7 Å². The lowest BCUT2D eigenvalue weighted by atomic mass is 10.0. The van der Waals surface area contributed by atoms with Crippen LogP contribution >= 0.6 is 0 Å². The van der Waals surface area contributed by atoms with E-state index in [9.17, 15) is 0 Å². The van der Waals surface area contributed by atoms with E-state index in [2.05, 4.69) is 42.6 Å². The molecular weight excluding hydrogens is 348 g/mol. The second-order valence-electron chi connectivity index (χ2n) is 6.35. The summed E-state index contributed by atoms with van der Waals surface area (Å²) < 4.78 is 15.3. The largest absolute Gasteiger partial charge is 0.497 e. The van der Waals surface area contributed by atoms with E-state index >= 15 is 0 Å². The minimum atomic E-state index is 0.190. The number of rotatable bonds is 7. The van der Waals surface area contributed by atoms with Crippen LogP contribution in [0.1, 0.15) is 24.4 Å². The number of aromatic nitrogens is 4. The molecule has 3 aromatic rings. The molecule has 0 aliphatic carbocycles. The smallest absolute Gasteiger partial charge is 0.245 e. The average molecular weight is 370 g/mol. The van der Waals surface area contributed by atoms with Crippen LogP contribution in [0.3, 0.4) is 0 Å². The Morgan fingerprint density at radius 1 is 1.22 bits per heavy atom. The van der Waals surface area contributed by atoms with Gasteiger partial charge in [-0.15, -0.1) is 0 Å². The first-order valence-corrected chi connectivity index (χ1v) is 8.94. The molecule has 1 aromatic carbocycles. The van der Waals surface area contributed by atoms with Crippen molar-refractivity contribution < 1.29 is 14.1 Å². The number of hydrogen-bond acceptors (Lipinski definition) is 9. The van der Waals surface area contributed by atoms with Crippen molar-refractivity contribution in [3.05, 3.63) is 29.8 Å². The van der Waals surface area contributed by atoms with E-state index in [-0.39, 0.29) is 6.04 Å². The lowest BCUT2D eigenvalue weighted by Crippen LogP contribution is -2.26. The molecule has 1 fully saturated rings. The highest BCUT2D eigenvalue weighted by atomic mass is 16.6. The number of methoxy groups -OCH3 is 2. The summed E-state index contributed by atoms with van der Waals surface area (Å²) in [6.45, 7) is 2.06. The highest BCUT2D eigenvalue weighted by molar-refractivity contribution is 5.74. The first-order valence-electron chi connectivity index (χ1n) is 8.94. The fourth-order valence-corrected chi connectivity index (χ4v) is 3.44. The van der Waals surface area contributed by atoms with Crippen molar-refractivity contribution in [1.82, 2.24) is 20.3 Å². The minimum absolute atomic E-state index is 0.190. The molecule has 9 heteroatoms. The van der Waals surface area contributed by atoms with E-state index in [1.807, 2.05) is 12.1 Å². The predicted octanol–water partition coefficient (Wildman–Crippen LogP) is 2.42. The maximum absolute atomic E-state index is 5.39. The third kappa shape index (κ3) is 3.50. The summed E-state index contributed by atoms with van der Waals surface area (Å²) in [5.41, 5.74) is 1.98. The van der Waals surface area contributed by atoms with Crippen LogP contribution in [0.25, 0.3) is 11.3 Å². The first kappa shape index (κ1) is 17.5. The summed E-state index contributed by atoms with van der Waals surface area (Å²) in [6, 6.07) is 8.35. The van der Waals surface area contributed by atoms with Crippen LogP contribution in [0.5, 0.6) is 5.75 Å². The van der Waals surface area contributed by atoms with Crippen molar-refractivity contribution in [3.63, 3.8) is 0 Å². The molecule has 4 rings (SSSR count). The second kappa shape index (κ2) is 7.75. The van der Waals surface area contributed by atoms with Crippen LogP contribution in [0.2, 0.25) is 0 Å². The van der Waals surface area contributed by atoms with Crippen LogP contribution in [0.4, 0.5) is 11.6 Å². The van der Waals surface area contributed by atoms with E-state index in [0.29, 0.717) is 30.3 Å². The first-order chi connectivity index (χ1) is 13.3. The van der Waals surface area contributed by atoms with Crippen molar-refractivity contribution in [3.8, 4) is 5.75 Å². The molecule has 0 unspecified atom stereocenters. The molecule has 142 valence electrons. The molecule has 1 atom stereocenters. The van der Waals surface area contributed by atoms with Crippen molar-refractivity contribution >= 4 is 22.9 Å². The SMILES string of the molecule is COCCNc1nc2nonc2nc1N1CCC[C@H]1c1cccc(OC)c1. The maximum atomic E-state index is 5.39. The standard InChI is InChI=1S/C18H22N6O3/c1-25-10-8-19-17-18(21-16-15(20-17)22-27-23-16)24-9-4-7-14(24)12-5-3-6-13(11-12)26-2/h3,5-6,11,14H,4,7-10H2,1-2H3,(H,19,20,22)/t14-/m0/s1. The third-order valence-electron chi connectivity index (χ3n) is 4.70. The Morgan fingerprint density at radius 2 is 2.07 bits per heavy atom. The molecule has 9 nitrogen and oxygen atoms in total. The lowest BCUT2D eigenvalue weighted by Gasteiger charge is -2.27. The van der Waals surface area contributed by atoms with Gasteiger partial charge in [0.1, 0.15) is 5.75 Å². The lowest BCUT2D eigenvalue weighted by molar-refractivity contribution is 0.210. The topological polar surface area (TPSA) is 98.4 Å². The molecule has 0 saturated carbocycles. The van der Waals surface area contributed by atoms with Gasteiger partial charge in [0.05, 0.1) is 19.8 Å². The summed E-state index contributed by atoms with van der Waals surface area (Å²) in [4.78, 5) is 11.5. The van der Waals surface area contributed by atoms with Gasteiger partial charge in [0.2, 0.25) is 11.3 Å². The Labute approximate surface area is 156 Å². The van der Waals surface area contributed by atoms with E-state index in [1.165, 1.54) is 5.56 Å². The summed E-state index contributed by atoms with van der Waals surface area (Å²) in [6.07, 6.45) is 2.09. The Balaban J connectivity index is 1.71. The van der Waals surface area contributed by atoms with Gasteiger partial charge in [-0.3, -0.25) is 0 Å². The predicted molar refractivity (Wildman–Crippen MR) is 100 cm³/mol. The quantitative estimate of drug-likeness (QED) is 0.629. The van der Waals surface area contributed by atoms with Gasteiger partial charge in [0.25, 0.3) is 0 Å². The van der Waals surface area contributed by atoms with Crippen LogP contribution in [0.15, 0.2) is 28.9 Å². The van der Waals surface area contributed by atoms with Crippen LogP contribution in [-0.2, 0) is 4.74 Å². The minimum Gasteiger partial charge on any atom is -0.497 e. The van der Waals surface area contributed by atoms with Gasteiger partial charge in [0, 0.05) is 20.2 Å². The van der Waals surface area contributed by atoms with E-state index in [0.717, 1.165) is 31.0 Å². The molecule has 1 saturated heterocycles. The highest BCUT2D eigenvalue weighted by Crippen LogP contribution is 2.39. The fraction of sp³-hybridized carbons (Fsp3) is 0.444. The fourth-order valence-electron chi connectivity index (χ4n) is 3.44. The molecular formula is C18H22N6O3. The number of hydrogen-bond donors (Lipinski definition) is 1. The molecule has 1 aliphatic heterocycles. The number of nitrogens with one attached hydrogen (secondary N) is 1. The maximum Gasteiger partial charge on any atom is 0.245 e. The Kier molecular flexibility index (Phi) is 5.01. The molecule has 0 radical (unpaired) electrons. The van der Waals surface area contributed by atoms with Crippen LogP contribution < -0.4 is 15.0 Å². The molecule has 0 spiro atoms. The zero-order valence-corrected chi connectivity index (χ0v) is 15.4. The van der Waals surface area contributed by atoms with Crippen molar-refractivity contribution in [2.45, 2.75) is 18.9 Å². The molecule has 0 bridgehead atoms. The summed E-state index contributed by atoms with van der Waals surface area (Å²) in [5, 5.41) is 11.0. The van der Waals surface area contributed by atoms with Gasteiger partial charge in [-0.25, -0.2) is 14.6 Å². The van der Waals surface area contributed by atoms with Crippen LogP contribution in [0, 0.1) is 0 Å². The number of fused-ring (bicyclic) bond motifs is 1. The molecule has 3 heterocycles. The van der Waals surface area contributed by atoms with Gasteiger partial charge >= 0.3 is 0 Å². The molecule has 0 amide bonds. The van der Waals surface area contributed by atoms with Gasteiger partial charge in [-0.1, -0.05) is 12.1 Å². The molecule has 1 N–H and O–H groups in total. The summed E-state index contributed by atoms with van der Waals surface area (Å²) in [5.74, 6) is 2.25. The van der Waals surface area contributed by atoms with E-state index < -0.39 is 0 Å². The zero-order chi connectivity index (χ0) is 18.6. The Morgan fingerprint density at radius 3 is 2.89 bits per heavy atom. The van der Waals surface area contributed by atoms with Crippen molar-refractivity contribution in [1.29, 1.82) is 0 Å². The number of ether oxygens (including phenoxy) is 2. The second-order valence-corrected chi connectivity index (χ2v) is 6.35. The third-order valence-corrected chi connectivity index (χ3v) is 4.70. The van der Waals surface area contributed by atoms with Gasteiger partial charge in [0.15, 0.2) is 11.6 Å². The Bertz CT molecular complexity index is 915. The average Bonchev–Trinajstić information content (AvgIpc) is 3.36. The summed E-state index contributed by atoms with van der Waals surface area (Å²) in [7, 11) is 3.35.